The minimum absolute atomic E-state index is 0.0956. The predicted octanol–water partition coefficient (Wildman–Crippen LogP) is 0.861. The van der Waals surface area contributed by atoms with Crippen molar-refractivity contribution >= 4 is 29.4 Å². The summed E-state index contributed by atoms with van der Waals surface area (Å²) in [6, 6.07) is -0.330. The van der Waals surface area contributed by atoms with E-state index < -0.39 is 28.1 Å². The van der Waals surface area contributed by atoms with E-state index in [9.17, 15) is 14.4 Å². The summed E-state index contributed by atoms with van der Waals surface area (Å²) >= 11 is 6.42. The zero-order valence-electron chi connectivity index (χ0n) is 12.6. The first kappa shape index (κ1) is 16.1. The second kappa shape index (κ2) is 5.16. The van der Waals surface area contributed by atoms with Gasteiger partial charge in [-0.25, -0.2) is 0 Å². The van der Waals surface area contributed by atoms with Gasteiger partial charge in [0, 0.05) is 23.3 Å². The number of alkyl halides is 1. The fourth-order valence-electron chi connectivity index (χ4n) is 3.75. The fourth-order valence-corrected chi connectivity index (χ4v) is 3.96. The molecule has 1 N–H and O–H groups in total. The summed E-state index contributed by atoms with van der Waals surface area (Å²) in [5.41, 5.74) is -1.47. The summed E-state index contributed by atoms with van der Waals surface area (Å²) in [6.45, 7) is 3.62. The molecule has 1 heterocycles. The van der Waals surface area contributed by atoms with Gasteiger partial charge in [0.05, 0.1) is 14.2 Å². The van der Waals surface area contributed by atoms with Crippen LogP contribution in [0.25, 0.3) is 0 Å². The molecular formula is C14H20ClNO5. The number of nitrogens with one attached hydrogen (secondary N) is 1. The molecule has 6 nitrogen and oxygen atoms in total. The lowest BCUT2D eigenvalue weighted by atomic mass is 9.76. The number of hydrogen-bond acceptors (Lipinski definition) is 5. The minimum Gasteiger partial charge on any atom is -0.468 e. The van der Waals surface area contributed by atoms with E-state index >= 15 is 0 Å². The number of methoxy groups -OCH3 is 2. The first-order chi connectivity index (χ1) is 9.68. The lowest BCUT2D eigenvalue weighted by Crippen LogP contribution is -2.45. The van der Waals surface area contributed by atoms with Gasteiger partial charge < -0.3 is 14.8 Å². The maximum atomic E-state index is 12.4. The molecule has 1 aliphatic carbocycles. The standard InChI is InChI=1S/C14H20ClNO5/c1-13(2,15)8-6-14(11(18)20-3,12(19)21-4)7-5-9(17)16-10(7)8/h7-8,10H,5-6H2,1-4H3,(H,16,17)/t7-,8+,10+/m0/s1. The van der Waals surface area contributed by atoms with Crippen LogP contribution in [0.5, 0.6) is 0 Å². The van der Waals surface area contributed by atoms with Gasteiger partial charge in [-0.05, 0) is 26.2 Å². The highest BCUT2D eigenvalue weighted by Crippen LogP contribution is 2.56. The lowest BCUT2D eigenvalue weighted by Gasteiger charge is -2.30. The summed E-state index contributed by atoms with van der Waals surface area (Å²) in [4.78, 5) is 35.8. The molecule has 3 atom stereocenters. The molecule has 0 bridgehead atoms. The molecular weight excluding hydrogens is 298 g/mol. The molecule has 21 heavy (non-hydrogen) atoms. The van der Waals surface area contributed by atoms with Crippen LogP contribution >= 0.6 is 11.6 Å². The highest BCUT2D eigenvalue weighted by Gasteiger charge is 2.68. The van der Waals surface area contributed by atoms with E-state index in [1.54, 1.807) is 0 Å². The largest absolute Gasteiger partial charge is 0.468 e. The van der Waals surface area contributed by atoms with E-state index in [4.69, 9.17) is 21.1 Å². The van der Waals surface area contributed by atoms with Crippen LogP contribution in [-0.4, -0.2) is 43.0 Å². The molecule has 0 aromatic carbocycles. The van der Waals surface area contributed by atoms with E-state index in [1.165, 1.54) is 14.2 Å². The third-order valence-corrected chi connectivity index (χ3v) is 5.04. The molecule has 0 spiro atoms. The Hall–Kier alpha value is -1.30. The first-order valence-electron chi connectivity index (χ1n) is 6.83. The van der Waals surface area contributed by atoms with Gasteiger partial charge in [-0.1, -0.05) is 0 Å². The van der Waals surface area contributed by atoms with Crippen molar-refractivity contribution in [3.63, 3.8) is 0 Å². The van der Waals surface area contributed by atoms with Gasteiger partial charge in [-0.2, -0.15) is 0 Å². The smallest absolute Gasteiger partial charge is 0.323 e. The van der Waals surface area contributed by atoms with Crippen LogP contribution in [-0.2, 0) is 23.9 Å². The average Bonchev–Trinajstić information content (AvgIpc) is 2.92. The van der Waals surface area contributed by atoms with Crippen LogP contribution in [0.15, 0.2) is 0 Å². The van der Waals surface area contributed by atoms with Crippen LogP contribution in [0.4, 0.5) is 0 Å². The van der Waals surface area contributed by atoms with Crippen molar-refractivity contribution in [2.24, 2.45) is 17.3 Å². The second-order valence-corrected chi connectivity index (χ2v) is 7.21. The monoisotopic (exact) mass is 317 g/mol. The predicted molar refractivity (Wildman–Crippen MR) is 74.5 cm³/mol. The Labute approximate surface area is 128 Å². The van der Waals surface area contributed by atoms with E-state index in [2.05, 4.69) is 5.32 Å². The van der Waals surface area contributed by atoms with Gasteiger partial charge in [0.15, 0.2) is 5.41 Å². The van der Waals surface area contributed by atoms with Crippen molar-refractivity contribution in [3.05, 3.63) is 0 Å². The SMILES string of the molecule is COC(=O)C1(C(=O)OC)C[C@@H](C(C)(C)Cl)[C@@H]2NC(=O)C[C@@H]21. The Kier molecular flexibility index (Phi) is 3.95. The Morgan fingerprint density at radius 2 is 1.81 bits per heavy atom. The highest BCUT2D eigenvalue weighted by atomic mass is 35.5. The first-order valence-corrected chi connectivity index (χ1v) is 7.21. The number of hydrogen-bond donors (Lipinski definition) is 1. The molecule has 7 heteroatoms. The van der Waals surface area contributed by atoms with Gasteiger partial charge in [-0.15, -0.1) is 11.6 Å². The van der Waals surface area contributed by atoms with Gasteiger partial charge in [0.1, 0.15) is 0 Å². The molecule has 2 rings (SSSR count). The summed E-state index contributed by atoms with van der Waals surface area (Å²) in [5.74, 6) is -2.23. The van der Waals surface area contributed by atoms with E-state index in [1.807, 2.05) is 13.8 Å². The summed E-state index contributed by atoms with van der Waals surface area (Å²) < 4.78 is 9.69. The zero-order valence-corrected chi connectivity index (χ0v) is 13.3. The summed E-state index contributed by atoms with van der Waals surface area (Å²) in [7, 11) is 2.46. The van der Waals surface area contributed by atoms with Gasteiger partial charge in [-0.3, -0.25) is 14.4 Å². The highest BCUT2D eigenvalue weighted by molar-refractivity contribution is 6.23. The summed E-state index contributed by atoms with van der Waals surface area (Å²) in [5, 5.41) is 2.85. The maximum absolute atomic E-state index is 12.4. The van der Waals surface area contributed by atoms with Crippen molar-refractivity contribution < 1.29 is 23.9 Å². The van der Waals surface area contributed by atoms with Crippen LogP contribution in [0, 0.1) is 17.3 Å². The molecule has 1 saturated heterocycles. The van der Waals surface area contributed by atoms with Crippen LogP contribution < -0.4 is 5.32 Å². The van der Waals surface area contributed by atoms with Crippen LogP contribution in [0.3, 0.4) is 0 Å². The number of halogens is 1. The number of amides is 1. The Bertz CT molecular complexity index is 468. The number of fused-ring (bicyclic) bond motifs is 1. The van der Waals surface area contributed by atoms with E-state index in [0.29, 0.717) is 0 Å². The Morgan fingerprint density at radius 1 is 1.29 bits per heavy atom. The van der Waals surface area contributed by atoms with Gasteiger partial charge in [0.25, 0.3) is 0 Å². The zero-order chi connectivity index (χ0) is 16.0. The minimum atomic E-state index is -1.47. The normalized spacial score (nSPS) is 30.5. The number of esters is 2. The number of carbonyl (C=O) groups is 3. The van der Waals surface area contributed by atoms with E-state index in [0.717, 1.165) is 0 Å². The molecule has 2 fully saturated rings. The molecule has 118 valence electrons. The number of carbonyl (C=O) groups excluding carboxylic acids is 3. The second-order valence-electron chi connectivity index (χ2n) is 6.23. The Balaban J connectivity index is 2.52. The van der Waals surface area contributed by atoms with Crippen molar-refractivity contribution in [3.8, 4) is 0 Å². The fraction of sp³-hybridized carbons (Fsp3) is 0.786. The quantitative estimate of drug-likeness (QED) is 0.474. The molecule has 2 aliphatic rings. The van der Waals surface area contributed by atoms with Crippen molar-refractivity contribution in [1.82, 2.24) is 5.32 Å². The molecule has 0 unspecified atom stereocenters. The van der Waals surface area contributed by atoms with Gasteiger partial charge in [0.2, 0.25) is 5.91 Å². The van der Waals surface area contributed by atoms with Crippen LogP contribution in [0.2, 0.25) is 0 Å². The van der Waals surface area contributed by atoms with E-state index in [-0.39, 0.29) is 30.7 Å². The third-order valence-electron chi connectivity index (χ3n) is 4.76. The third kappa shape index (κ3) is 2.29. The van der Waals surface area contributed by atoms with Crippen molar-refractivity contribution in [2.45, 2.75) is 37.6 Å². The number of ether oxygens (including phenoxy) is 2. The topological polar surface area (TPSA) is 81.7 Å². The average molecular weight is 318 g/mol. The Morgan fingerprint density at radius 3 is 2.24 bits per heavy atom. The molecule has 0 radical (unpaired) electrons. The molecule has 0 aromatic heterocycles. The molecule has 1 aliphatic heterocycles. The van der Waals surface area contributed by atoms with Crippen molar-refractivity contribution in [2.75, 3.05) is 14.2 Å². The number of rotatable bonds is 3. The van der Waals surface area contributed by atoms with Crippen LogP contribution in [0.1, 0.15) is 26.7 Å². The van der Waals surface area contributed by atoms with Crippen molar-refractivity contribution in [1.29, 1.82) is 0 Å². The molecule has 0 aromatic rings. The molecule has 1 saturated carbocycles. The molecule has 1 amide bonds. The lowest BCUT2D eigenvalue weighted by molar-refractivity contribution is -0.172. The summed E-state index contributed by atoms with van der Waals surface area (Å²) in [6.07, 6.45) is 0.302. The maximum Gasteiger partial charge on any atom is 0.323 e. The van der Waals surface area contributed by atoms with Gasteiger partial charge >= 0.3 is 11.9 Å².